The predicted molar refractivity (Wildman–Crippen MR) is 89.0 cm³/mol. The fraction of sp³-hybridized carbons (Fsp3) is 0.278. The molecule has 122 valence electrons. The summed E-state index contributed by atoms with van der Waals surface area (Å²) in [6.07, 6.45) is 0. The number of rotatable bonds is 6. The fourth-order valence-corrected chi connectivity index (χ4v) is 2.38. The number of methoxy groups -OCH3 is 1. The maximum atomic E-state index is 13.2. The molecule has 0 spiro atoms. The maximum absolute atomic E-state index is 13.2. The van der Waals surface area contributed by atoms with Crippen LogP contribution in [0.3, 0.4) is 0 Å². The molecule has 4 nitrogen and oxygen atoms in total. The average molecular weight is 316 g/mol. The number of nitrogens with one attached hydrogen (secondary N) is 1. The van der Waals surface area contributed by atoms with E-state index in [1.807, 2.05) is 24.3 Å². The van der Waals surface area contributed by atoms with Gasteiger partial charge in [0.25, 0.3) is 0 Å². The number of halogens is 1. The van der Waals surface area contributed by atoms with Crippen molar-refractivity contribution >= 4 is 11.6 Å². The summed E-state index contributed by atoms with van der Waals surface area (Å²) in [7, 11) is 3.29. The van der Waals surface area contributed by atoms with E-state index in [1.165, 1.54) is 12.1 Å². The van der Waals surface area contributed by atoms with Gasteiger partial charge in [0.2, 0.25) is 5.91 Å². The minimum Gasteiger partial charge on any atom is -0.495 e. The van der Waals surface area contributed by atoms with Crippen molar-refractivity contribution < 1.29 is 13.9 Å². The zero-order valence-electron chi connectivity index (χ0n) is 13.5. The van der Waals surface area contributed by atoms with Crippen molar-refractivity contribution in [2.45, 2.75) is 19.5 Å². The number of hydrogen-bond acceptors (Lipinski definition) is 3. The number of benzene rings is 2. The molecule has 0 heterocycles. The minimum absolute atomic E-state index is 0.0832. The van der Waals surface area contributed by atoms with Gasteiger partial charge in [-0.05, 0) is 36.8 Å². The van der Waals surface area contributed by atoms with Crippen LogP contribution in [0, 0.1) is 5.82 Å². The van der Waals surface area contributed by atoms with E-state index in [2.05, 4.69) is 5.32 Å². The third kappa shape index (κ3) is 4.45. The molecule has 0 aromatic heterocycles. The molecule has 1 N–H and O–H groups in total. The van der Waals surface area contributed by atoms with Gasteiger partial charge < -0.3 is 15.0 Å². The quantitative estimate of drug-likeness (QED) is 0.889. The summed E-state index contributed by atoms with van der Waals surface area (Å²) < 4.78 is 18.5. The molecule has 0 bridgehead atoms. The van der Waals surface area contributed by atoms with Gasteiger partial charge in [-0.25, -0.2) is 4.39 Å². The second-order valence-electron chi connectivity index (χ2n) is 5.39. The van der Waals surface area contributed by atoms with Gasteiger partial charge in [0.1, 0.15) is 17.6 Å². The highest BCUT2D eigenvalue weighted by Gasteiger charge is 2.18. The third-order valence-electron chi connectivity index (χ3n) is 3.53. The van der Waals surface area contributed by atoms with Crippen molar-refractivity contribution in [3.63, 3.8) is 0 Å². The minimum atomic E-state index is -0.426. The normalized spacial score (nSPS) is 11.7. The smallest absolute Gasteiger partial charge is 0.244 e. The van der Waals surface area contributed by atoms with Crippen LogP contribution in [0.15, 0.2) is 48.5 Å². The number of para-hydroxylation sites is 2. The molecule has 0 saturated heterocycles. The highest BCUT2D eigenvalue weighted by Crippen LogP contribution is 2.24. The van der Waals surface area contributed by atoms with Gasteiger partial charge in [-0.1, -0.05) is 24.3 Å². The molecule has 2 aromatic carbocycles. The van der Waals surface area contributed by atoms with Crippen LogP contribution in [-0.4, -0.2) is 31.0 Å². The van der Waals surface area contributed by atoms with Gasteiger partial charge in [0.05, 0.1) is 12.8 Å². The van der Waals surface area contributed by atoms with E-state index in [0.29, 0.717) is 12.3 Å². The van der Waals surface area contributed by atoms with E-state index >= 15 is 0 Å². The van der Waals surface area contributed by atoms with Crippen LogP contribution in [0.25, 0.3) is 0 Å². The standard InChI is InChI=1S/C18H21FN2O2/c1-13(20-16-9-4-5-10-17(16)23-3)18(22)21(2)12-14-7-6-8-15(19)11-14/h4-11,13,20H,12H2,1-3H3. The number of carbonyl (C=O) groups excluding carboxylic acids is 1. The molecule has 2 aromatic rings. The summed E-state index contributed by atoms with van der Waals surface area (Å²) in [5.41, 5.74) is 1.51. The van der Waals surface area contributed by atoms with Gasteiger partial charge >= 0.3 is 0 Å². The second kappa shape index (κ2) is 7.63. The van der Waals surface area contributed by atoms with Crippen molar-refractivity contribution in [1.29, 1.82) is 0 Å². The molecule has 0 radical (unpaired) electrons. The zero-order chi connectivity index (χ0) is 16.8. The first-order valence-corrected chi connectivity index (χ1v) is 7.40. The number of hydrogen-bond donors (Lipinski definition) is 1. The summed E-state index contributed by atoms with van der Waals surface area (Å²) in [5.74, 6) is 0.295. The van der Waals surface area contributed by atoms with Crippen LogP contribution in [0.5, 0.6) is 5.75 Å². The number of anilines is 1. The number of amides is 1. The zero-order valence-corrected chi connectivity index (χ0v) is 13.5. The number of nitrogens with zero attached hydrogens (tertiary/aromatic N) is 1. The van der Waals surface area contributed by atoms with Crippen LogP contribution in [-0.2, 0) is 11.3 Å². The number of ether oxygens (including phenoxy) is 1. The molecule has 0 saturated carbocycles. The van der Waals surface area contributed by atoms with Crippen LogP contribution in [0.2, 0.25) is 0 Å². The average Bonchev–Trinajstić information content (AvgIpc) is 2.54. The van der Waals surface area contributed by atoms with Crippen LogP contribution >= 0.6 is 0 Å². The lowest BCUT2D eigenvalue weighted by Crippen LogP contribution is -2.38. The van der Waals surface area contributed by atoms with Crippen molar-refractivity contribution in [3.8, 4) is 5.75 Å². The summed E-state index contributed by atoms with van der Waals surface area (Å²) in [4.78, 5) is 14.0. The molecule has 0 aliphatic heterocycles. The molecule has 2 rings (SSSR count). The molecule has 0 fully saturated rings. The van der Waals surface area contributed by atoms with Gasteiger partial charge in [0, 0.05) is 13.6 Å². The lowest BCUT2D eigenvalue weighted by atomic mass is 10.2. The largest absolute Gasteiger partial charge is 0.495 e. The Kier molecular flexibility index (Phi) is 5.57. The van der Waals surface area contributed by atoms with Gasteiger partial charge in [-0.15, -0.1) is 0 Å². The SMILES string of the molecule is COc1ccccc1NC(C)C(=O)N(C)Cc1cccc(F)c1. The van der Waals surface area contributed by atoms with E-state index in [-0.39, 0.29) is 11.7 Å². The molecule has 0 aliphatic rings. The Balaban J connectivity index is 2.01. The molecule has 0 aliphatic carbocycles. The Morgan fingerprint density at radius 3 is 2.70 bits per heavy atom. The monoisotopic (exact) mass is 316 g/mol. The molecular weight excluding hydrogens is 295 g/mol. The topological polar surface area (TPSA) is 41.6 Å². The molecular formula is C18H21FN2O2. The van der Waals surface area contributed by atoms with Gasteiger partial charge in [-0.3, -0.25) is 4.79 Å². The maximum Gasteiger partial charge on any atom is 0.244 e. The Morgan fingerprint density at radius 1 is 1.26 bits per heavy atom. The molecule has 1 unspecified atom stereocenters. The molecule has 1 amide bonds. The molecule has 5 heteroatoms. The van der Waals surface area contributed by atoms with Crippen LogP contribution in [0.4, 0.5) is 10.1 Å². The van der Waals surface area contributed by atoms with E-state index in [4.69, 9.17) is 4.74 Å². The molecule has 1 atom stereocenters. The fourth-order valence-electron chi connectivity index (χ4n) is 2.38. The van der Waals surface area contributed by atoms with E-state index in [1.54, 1.807) is 38.1 Å². The Hall–Kier alpha value is -2.56. The van der Waals surface area contributed by atoms with Gasteiger partial charge in [0.15, 0.2) is 0 Å². The van der Waals surface area contributed by atoms with Crippen molar-refractivity contribution in [3.05, 3.63) is 59.9 Å². The molecule has 23 heavy (non-hydrogen) atoms. The number of carbonyl (C=O) groups is 1. The Morgan fingerprint density at radius 2 is 2.00 bits per heavy atom. The predicted octanol–water partition coefficient (Wildman–Crippen LogP) is 3.29. The highest BCUT2D eigenvalue weighted by molar-refractivity contribution is 5.84. The second-order valence-corrected chi connectivity index (χ2v) is 5.39. The first-order valence-electron chi connectivity index (χ1n) is 7.40. The first kappa shape index (κ1) is 16.8. The van der Waals surface area contributed by atoms with Crippen LogP contribution < -0.4 is 10.1 Å². The summed E-state index contributed by atoms with van der Waals surface area (Å²) in [6.45, 7) is 2.14. The third-order valence-corrected chi connectivity index (χ3v) is 3.53. The van der Waals surface area contributed by atoms with E-state index < -0.39 is 6.04 Å². The van der Waals surface area contributed by atoms with Crippen molar-refractivity contribution in [1.82, 2.24) is 4.90 Å². The number of likely N-dealkylation sites (N-methyl/N-ethyl adjacent to an activating group) is 1. The van der Waals surface area contributed by atoms with E-state index in [0.717, 1.165) is 11.3 Å². The van der Waals surface area contributed by atoms with Crippen molar-refractivity contribution in [2.24, 2.45) is 0 Å². The van der Waals surface area contributed by atoms with Crippen molar-refractivity contribution in [2.75, 3.05) is 19.5 Å². The summed E-state index contributed by atoms with van der Waals surface area (Å²) >= 11 is 0. The summed E-state index contributed by atoms with van der Waals surface area (Å²) in [6, 6.07) is 13.3. The van der Waals surface area contributed by atoms with E-state index in [9.17, 15) is 9.18 Å². The summed E-state index contributed by atoms with van der Waals surface area (Å²) in [5, 5.41) is 3.15. The Bertz CT molecular complexity index is 676. The first-order chi connectivity index (χ1) is 11.0. The lowest BCUT2D eigenvalue weighted by Gasteiger charge is -2.23. The highest BCUT2D eigenvalue weighted by atomic mass is 19.1. The Labute approximate surface area is 135 Å². The van der Waals surface area contributed by atoms with Crippen LogP contribution in [0.1, 0.15) is 12.5 Å². The lowest BCUT2D eigenvalue weighted by molar-refractivity contribution is -0.130. The van der Waals surface area contributed by atoms with Gasteiger partial charge in [-0.2, -0.15) is 0 Å².